The minimum Gasteiger partial charge on any atom is -0.393 e. The monoisotopic (exact) mass is 223 g/mol. The normalized spacial score (nSPS) is 14.8. The maximum Gasteiger partial charge on any atom is 0.0681 e. The molecule has 90 valence electrons. The van der Waals surface area contributed by atoms with Crippen LogP contribution in [0.4, 0.5) is 0 Å². The van der Waals surface area contributed by atoms with Gasteiger partial charge >= 0.3 is 0 Å². The molecule has 0 saturated heterocycles. The van der Waals surface area contributed by atoms with Crippen LogP contribution in [0.2, 0.25) is 0 Å². The number of aliphatic hydroxyl groups excluding tert-OH is 2. The zero-order chi connectivity index (χ0) is 12.0. The topological polar surface area (TPSA) is 52.5 Å². The Balaban J connectivity index is 2.36. The van der Waals surface area contributed by atoms with Gasteiger partial charge in [-0.25, -0.2) is 0 Å². The Kier molecular flexibility index (Phi) is 5.46. The van der Waals surface area contributed by atoms with Gasteiger partial charge < -0.3 is 15.5 Å². The van der Waals surface area contributed by atoms with Crippen LogP contribution >= 0.6 is 0 Å². The summed E-state index contributed by atoms with van der Waals surface area (Å²) in [4.78, 5) is 0. The number of hydrogen-bond donors (Lipinski definition) is 3. The number of aliphatic hydroxyl groups is 2. The zero-order valence-electron chi connectivity index (χ0n) is 9.98. The molecule has 0 amide bonds. The Morgan fingerprint density at radius 1 is 1.12 bits per heavy atom. The first kappa shape index (κ1) is 13.2. The number of hydrogen-bond acceptors (Lipinski definition) is 3. The van der Waals surface area contributed by atoms with Gasteiger partial charge in [-0.1, -0.05) is 24.3 Å². The fourth-order valence-electron chi connectivity index (χ4n) is 1.65. The van der Waals surface area contributed by atoms with Crippen molar-refractivity contribution >= 4 is 0 Å². The number of benzene rings is 1. The van der Waals surface area contributed by atoms with Gasteiger partial charge in [-0.2, -0.15) is 0 Å². The van der Waals surface area contributed by atoms with Crippen molar-refractivity contribution in [3.63, 3.8) is 0 Å². The van der Waals surface area contributed by atoms with Crippen molar-refractivity contribution in [2.24, 2.45) is 0 Å². The van der Waals surface area contributed by atoms with Gasteiger partial charge in [0, 0.05) is 12.6 Å². The maximum atomic E-state index is 9.22. The van der Waals surface area contributed by atoms with E-state index in [1.807, 2.05) is 24.3 Å². The van der Waals surface area contributed by atoms with Gasteiger partial charge in [0.05, 0.1) is 12.7 Å². The largest absolute Gasteiger partial charge is 0.393 e. The van der Waals surface area contributed by atoms with Gasteiger partial charge in [0.1, 0.15) is 0 Å². The molecule has 0 aromatic heterocycles. The average Bonchev–Trinajstić information content (AvgIpc) is 2.26. The summed E-state index contributed by atoms with van der Waals surface area (Å²) < 4.78 is 0. The second-order valence-corrected chi connectivity index (χ2v) is 4.34. The molecule has 2 atom stereocenters. The molecular formula is C13H21NO2. The van der Waals surface area contributed by atoms with Gasteiger partial charge in [0.15, 0.2) is 0 Å². The molecule has 0 saturated carbocycles. The van der Waals surface area contributed by atoms with Crippen molar-refractivity contribution in [2.75, 3.05) is 0 Å². The van der Waals surface area contributed by atoms with Gasteiger partial charge in [-0.3, -0.25) is 0 Å². The molecule has 0 bridgehead atoms. The van der Waals surface area contributed by atoms with Gasteiger partial charge in [0.2, 0.25) is 0 Å². The number of nitrogens with one attached hydrogen (secondary N) is 1. The Hall–Kier alpha value is -0.900. The third-order valence-corrected chi connectivity index (χ3v) is 2.55. The first-order chi connectivity index (χ1) is 7.61. The van der Waals surface area contributed by atoms with Crippen LogP contribution in [0, 0.1) is 0 Å². The molecule has 16 heavy (non-hydrogen) atoms. The minimum atomic E-state index is -0.265. The van der Waals surface area contributed by atoms with Crippen LogP contribution in [0.3, 0.4) is 0 Å². The van der Waals surface area contributed by atoms with Crippen molar-refractivity contribution in [1.82, 2.24) is 5.32 Å². The van der Waals surface area contributed by atoms with Crippen LogP contribution in [0.1, 0.15) is 31.4 Å². The molecule has 3 nitrogen and oxygen atoms in total. The summed E-state index contributed by atoms with van der Waals surface area (Å²) in [7, 11) is 0. The molecule has 2 unspecified atom stereocenters. The van der Waals surface area contributed by atoms with Gasteiger partial charge in [-0.15, -0.1) is 0 Å². The second kappa shape index (κ2) is 6.63. The summed E-state index contributed by atoms with van der Waals surface area (Å²) in [5, 5.41) is 21.5. The van der Waals surface area contributed by atoms with E-state index in [1.165, 1.54) is 5.56 Å². The molecule has 1 rings (SSSR count). The summed E-state index contributed by atoms with van der Waals surface area (Å²) in [6.45, 7) is 4.74. The third kappa shape index (κ3) is 4.75. The van der Waals surface area contributed by atoms with E-state index in [9.17, 15) is 5.11 Å². The summed E-state index contributed by atoms with van der Waals surface area (Å²) >= 11 is 0. The van der Waals surface area contributed by atoms with E-state index < -0.39 is 0 Å². The van der Waals surface area contributed by atoms with Crippen molar-refractivity contribution < 1.29 is 10.2 Å². The molecule has 0 radical (unpaired) electrons. The fraction of sp³-hybridized carbons (Fsp3) is 0.538. The fourth-order valence-corrected chi connectivity index (χ4v) is 1.65. The van der Waals surface area contributed by atoms with Crippen LogP contribution < -0.4 is 5.32 Å². The molecular weight excluding hydrogens is 202 g/mol. The van der Waals surface area contributed by atoms with E-state index in [0.29, 0.717) is 6.04 Å². The van der Waals surface area contributed by atoms with E-state index in [0.717, 1.165) is 18.5 Å². The van der Waals surface area contributed by atoms with Crippen molar-refractivity contribution in [3.8, 4) is 0 Å². The van der Waals surface area contributed by atoms with Crippen molar-refractivity contribution in [1.29, 1.82) is 0 Å². The first-order valence-corrected chi connectivity index (χ1v) is 5.72. The summed E-state index contributed by atoms with van der Waals surface area (Å²) in [6.07, 6.45) is 0.494. The number of rotatable bonds is 6. The highest BCUT2D eigenvalue weighted by Crippen LogP contribution is 2.05. The second-order valence-electron chi connectivity index (χ2n) is 4.34. The molecule has 1 aromatic rings. The predicted molar refractivity (Wildman–Crippen MR) is 65.0 cm³/mol. The summed E-state index contributed by atoms with van der Waals surface area (Å²) in [5.41, 5.74) is 2.12. The smallest absolute Gasteiger partial charge is 0.0681 e. The Labute approximate surface area is 97.1 Å². The van der Waals surface area contributed by atoms with Crippen LogP contribution in [0.15, 0.2) is 24.3 Å². The first-order valence-electron chi connectivity index (χ1n) is 5.72. The van der Waals surface area contributed by atoms with Crippen molar-refractivity contribution in [2.45, 2.75) is 45.6 Å². The van der Waals surface area contributed by atoms with Crippen LogP contribution in [-0.2, 0) is 13.2 Å². The summed E-state index contributed by atoms with van der Waals surface area (Å²) in [5.74, 6) is 0. The Bertz CT molecular complexity index is 295. The van der Waals surface area contributed by atoms with E-state index >= 15 is 0 Å². The molecule has 0 fully saturated rings. The molecule has 0 aliphatic rings. The lowest BCUT2D eigenvalue weighted by atomic mass is 10.1. The lowest BCUT2D eigenvalue weighted by Crippen LogP contribution is -2.28. The van der Waals surface area contributed by atoms with Crippen molar-refractivity contribution in [3.05, 3.63) is 35.4 Å². The van der Waals surface area contributed by atoms with Gasteiger partial charge in [-0.05, 0) is 31.4 Å². The van der Waals surface area contributed by atoms with E-state index in [1.54, 1.807) is 6.92 Å². The van der Waals surface area contributed by atoms with E-state index in [4.69, 9.17) is 5.11 Å². The Morgan fingerprint density at radius 3 is 2.19 bits per heavy atom. The molecule has 0 aliphatic carbocycles. The highest BCUT2D eigenvalue weighted by Gasteiger charge is 2.05. The third-order valence-electron chi connectivity index (χ3n) is 2.55. The Morgan fingerprint density at radius 2 is 1.69 bits per heavy atom. The molecule has 0 aliphatic heterocycles. The molecule has 0 heterocycles. The molecule has 0 spiro atoms. The van der Waals surface area contributed by atoms with E-state index in [2.05, 4.69) is 12.2 Å². The lowest BCUT2D eigenvalue weighted by Gasteiger charge is -2.15. The zero-order valence-corrected chi connectivity index (χ0v) is 9.98. The minimum absolute atomic E-state index is 0.0894. The van der Waals surface area contributed by atoms with Gasteiger partial charge in [0.25, 0.3) is 0 Å². The van der Waals surface area contributed by atoms with Crippen LogP contribution in [-0.4, -0.2) is 22.4 Å². The van der Waals surface area contributed by atoms with Crippen LogP contribution in [0.5, 0.6) is 0 Å². The predicted octanol–water partition coefficient (Wildman–Crippen LogP) is 1.43. The molecule has 3 heteroatoms. The molecule has 3 N–H and O–H groups in total. The maximum absolute atomic E-state index is 9.22. The van der Waals surface area contributed by atoms with E-state index in [-0.39, 0.29) is 12.7 Å². The molecule has 1 aromatic carbocycles. The standard InChI is InChI=1S/C13H21NO2/c1-10(7-11(2)16)14-8-12-3-5-13(9-15)6-4-12/h3-6,10-11,14-16H,7-9H2,1-2H3. The average molecular weight is 223 g/mol. The van der Waals surface area contributed by atoms with Crippen LogP contribution in [0.25, 0.3) is 0 Å². The highest BCUT2D eigenvalue weighted by atomic mass is 16.3. The summed E-state index contributed by atoms with van der Waals surface area (Å²) in [6, 6.07) is 8.17. The highest BCUT2D eigenvalue weighted by molar-refractivity contribution is 5.21. The SMILES string of the molecule is CC(O)CC(C)NCc1ccc(CO)cc1. The quantitative estimate of drug-likeness (QED) is 0.684. The lowest BCUT2D eigenvalue weighted by molar-refractivity contribution is 0.170.